The van der Waals surface area contributed by atoms with Crippen LogP contribution in [0.2, 0.25) is 0 Å². The number of hydrogen-bond donors (Lipinski definition) is 0. The van der Waals surface area contributed by atoms with Crippen molar-refractivity contribution in [1.82, 2.24) is 4.90 Å². The van der Waals surface area contributed by atoms with Crippen molar-refractivity contribution in [3.05, 3.63) is 47.7 Å². The molecule has 0 saturated carbocycles. The zero-order valence-electron chi connectivity index (χ0n) is 11.7. The van der Waals surface area contributed by atoms with Gasteiger partial charge in [-0.2, -0.15) is 0 Å². The molecule has 1 aromatic carbocycles. The van der Waals surface area contributed by atoms with Gasteiger partial charge < -0.3 is 4.90 Å². The minimum Gasteiger partial charge on any atom is -0.376 e. The molecule has 0 aromatic heterocycles. The largest absolute Gasteiger partial charge is 0.376 e. The first-order valence-corrected chi connectivity index (χ1v) is 6.27. The summed E-state index contributed by atoms with van der Waals surface area (Å²) in [6.45, 7) is 14.3. The average Bonchev–Trinajstić information content (AvgIpc) is 2.27. The third kappa shape index (κ3) is 1.88. The second kappa shape index (κ2) is 3.63. The van der Waals surface area contributed by atoms with E-state index in [0.29, 0.717) is 0 Å². The topological polar surface area (TPSA) is 3.24 Å². The van der Waals surface area contributed by atoms with Gasteiger partial charge in [-0.05, 0) is 23.5 Å². The van der Waals surface area contributed by atoms with Gasteiger partial charge in [-0.25, -0.2) is 0 Å². The first-order chi connectivity index (χ1) is 7.75. The van der Waals surface area contributed by atoms with Gasteiger partial charge in [0.05, 0.1) is 0 Å². The van der Waals surface area contributed by atoms with Crippen LogP contribution < -0.4 is 0 Å². The van der Waals surface area contributed by atoms with Gasteiger partial charge in [-0.15, -0.1) is 0 Å². The molecule has 0 spiro atoms. The van der Waals surface area contributed by atoms with Crippen molar-refractivity contribution in [1.29, 1.82) is 0 Å². The fourth-order valence-corrected chi connectivity index (χ4v) is 2.58. The van der Waals surface area contributed by atoms with E-state index >= 15 is 0 Å². The van der Waals surface area contributed by atoms with Gasteiger partial charge in [0.2, 0.25) is 0 Å². The molecular weight excluding hydrogens is 206 g/mol. The van der Waals surface area contributed by atoms with Gasteiger partial charge in [-0.3, -0.25) is 0 Å². The van der Waals surface area contributed by atoms with E-state index in [0.717, 1.165) is 6.54 Å². The molecule has 1 atom stereocenters. The molecule has 0 amide bonds. The Bertz CT molecular complexity index is 453. The van der Waals surface area contributed by atoms with Crippen LogP contribution in [0.15, 0.2) is 36.5 Å². The van der Waals surface area contributed by atoms with Crippen molar-refractivity contribution >= 4 is 0 Å². The molecule has 0 bridgehead atoms. The summed E-state index contributed by atoms with van der Waals surface area (Å²) in [6.07, 6.45) is 0. The van der Waals surface area contributed by atoms with Gasteiger partial charge in [0.1, 0.15) is 0 Å². The van der Waals surface area contributed by atoms with Crippen LogP contribution in [0.3, 0.4) is 0 Å². The molecule has 1 fully saturated rings. The van der Waals surface area contributed by atoms with Gasteiger partial charge in [0, 0.05) is 24.7 Å². The van der Waals surface area contributed by atoms with Gasteiger partial charge in [-0.1, -0.05) is 51.6 Å². The normalized spacial score (nSPS) is 24.8. The predicted molar refractivity (Wildman–Crippen MR) is 74.3 cm³/mol. The van der Waals surface area contributed by atoms with Crippen molar-refractivity contribution in [2.24, 2.45) is 0 Å². The average molecular weight is 229 g/mol. The zero-order valence-corrected chi connectivity index (χ0v) is 11.7. The monoisotopic (exact) mass is 229 g/mol. The van der Waals surface area contributed by atoms with E-state index in [9.17, 15) is 0 Å². The summed E-state index contributed by atoms with van der Waals surface area (Å²) in [7, 11) is 2.11. The lowest BCUT2D eigenvalue weighted by atomic mass is 9.71. The Morgan fingerprint density at radius 2 is 1.94 bits per heavy atom. The maximum Gasteiger partial charge on any atom is 0.0492 e. The number of likely N-dealkylation sites (N-methyl/N-ethyl adjacent to an activating group) is 1. The van der Waals surface area contributed by atoms with Crippen LogP contribution in [0.25, 0.3) is 0 Å². The molecular formula is C16H23N. The molecule has 1 aliphatic rings. The Morgan fingerprint density at radius 3 is 2.41 bits per heavy atom. The van der Waals surface area contributed by atoms with E-state index in [1.165, 1.54) is 16.8 Å². The Balaban J connectivity index is 2.39. The summed E-state index contributed by atoms with van der Waals surface area (Å²) in [6, 6.07) is 8.97. The molecule has 1 heteroatoms. The number of nitrogens with zero attached hydrogens (tertiary/aromatic N) is 1. The van der Waals surface area contributed by atoms with Gasteiger partial charge in [0.15, 0.2) is 0 Å². The summed E-state index contributed by atoms with van der Waals surface area (Å²) in [5.74, 6) is 0. The smallest absolute Gasteiger partial charge is 0.0492 e. The van der Waals surface area contributed by atoms with Crippen LogP contribution in [0.1, 0.15) is 38.8 Å². The summed E-state index contributed by atoms with van der Waals surface area (Å²) in [5, 5.41) is 0. The molecule has 1 nitrogen and oxygen atoms in total. The predicted octanol–water partition coefficient (Wildman–Crippen LogP) is 3.70. The number of likely N-dealkylation sites (tertiary alicyclic amines) is 1. The zero-order chi connectivity index (χ0) is 12.8. The third-order valence-corrected chi connectivity index (χ3v) is 4.02. The highest BCUT2D eigenvalue weighted by molar-refractivity contribution is 5.42. The summed E-state index contributed by atoms with van der Waals surface area (Å²) >= 11 is 0. The van der Waals surface area contributed by atoms with E-state index in [2.05, 4.69) is 70.5 Å². The molecule has 0 N–H and O–H groups in total. The fourth-order valence-electron chi connectivity index (χ4n) is 2.58. The van der Waals surface area contributed by atoms with Crippen LogP contribution in [0.5, 0.6) is 0 Å². The molecule has 92 valence electrons. The Labute approximate surface area is 105 Å². The van der Waals surface area contributed by atoms with Gasteiger partial charge >= 0.3 is 0 Å². The van der Waals surface area contributed by atoms with E-state index in [1.54, 1.807) is 0 Å². The molecule has 1 unspecified atom stereocenters. The number of hydrogen-bond acceptors (Lipinski definition) is 1. The van der Waals surface area contributed by atoms with Crippen LogP contribution in [-0.2, 0) is 10.8 Å². The van der Waals surface area contributed by atoms with Crippen LogP contribution in [0, 0.1) is 0 Å². The fraction of sp³-hybridized carbons (Fsp3) is 0.500. The molecule has 1 heterocycles. The highest BCUT2D eigenvalue weighted by atomic mass is 15.2. The second-order valence-electron chi connectivity index (χ2n) is 6.47. The number of rotatable bonds is 1. The Morgan fingerprint density at radius 1 is 1.29 bits per heavy atom. The van der Waals surface area contributed by atoms with E-state index < -0.39 is 0 Å². The van der Waals surface area contributed by atoms with Crippen LogP contribution in [0.4, 0.5) is 0 Å². The van der Waals surface area contributed by atoms with Crippen molar-refractivity contribution in [3.63, 3.8) is 0 Å². The van der Waals surface area contributed by atoms with Crippen molar-refractivity contribution in [2.75, 3.05) is 13.6 Å². The first-order valence-electron chi connectivity index (χ1n) is 6.27. The van der Waals surface area contributed by atoms with Crippen LogP contribution in [-0.4, -0.2) is 18.5 Å². The minimum absolute atomic E-state index is 0.135. The Hall–Kier alpha value is -1.24. The first kappa shape index (κ1) is 12.2. The van der Waals surface area contributed by atoms with E-state index in [1.807, 2.05) is 0 Å². The standard InChI is InChI=1S/C16H23N/c1-12-16(5,11-17(12)6)14-9-7-8-13(10-14)15(2,3)4/h7-10H,1,11H2,2-6H3. The lowest BCUT2D eigenvalue weighted by molar-refractivity contribution is 0.191. The highest BCUT2D eigenvalue weighted by Gasteiger charge is 2.42. The van der Waals surface area contributed by atoms with Crippen molar-refractivity contribution in [2.45, 2.75) is 38.5 Å². The third-order valence-electron chi connectivity index (χ3n) is 4.02. The quantitative estimate of drug-likeness (QED) is 0.709. The SMILES string of the molecule is C=C1N(C)CC1(C)c1cccc(C(C)(C)C)c1. The molecule has 0 radical (unpaired) electrons. The summed E-state index contributed by atoms with van der Waals surface area (Å²) in [4.78, 5) is 2.23. The maximum absolute atomic E-state index is 4.19. The minimum atomic E-state index is 0.135. The second-order valence-corrected chi connectivity index (χ2v) is 6.47. The summed E-state index contributed by atoms with van der Waals surface area (Å²) in [5.41, 5.74) is 4.37. The van der Waals surface area contributed by atoms with Crippen LogP contribution >= 0.6 is 0 Å². The van der Waals surface area contributed by atoms with Crippen molar-refractivity contribution in [3.8, 4) is 0 Å². The van der Waals surface area contributed by atoms with Gasteiger partial charge in [0.25, 0.3) is 0 Å². The van der Waals surface area contributed by atoms with E-state index in [4.69, 9.17) is 0 Å². The lowest BCUT2D eigenvalue weighted by Crippen LogP contribution is -2.52. The molecule has 1 aliphatic heterocycles. The number of benzene rings is 1. The van der Waals surface area contributed by atoms with E-state index in [-0.39, 0.29) is 10.8 Å². The highest BCUT2D eigenvalue weighted by Crippen LogP contribution is 2.42. The Kier molecular flexibility index (Phi) is 2.61. The molecule has 0 aliphatic carbocycles. The summed E-state index contributed by atoms with van der Waals surface area (Å²) < 4.78 is 0. The molecule has 1 saturated heterocycles. The van der Waals surface area contributed by atoms with Crippen molar-refractivity contribution < 1.29 is 0 Å². The maximum atomic E-state index is 4.19. The molecule has 1 aromatic rings. The molecule has 2 rings (SSSR count). The lowest BCUT2D eigenvalue weighted by Gasteiger charge is -2.50. The molecule has 17 heavy (non-hydrogen) atoms.